The highest BCUT2D eigenvalue weighted by molar-refractivity contribution is 7.72. The highest BCUT2D eigenvalue weighted by Crippen LogP contribution is 2.28. The standard InChI is InChI=1S/C20H24FN5O4S/c1-12-8-24-17(9-23-12)19(27)25-14-3-4-16(21)15(7-14)20(2,11-31(28)29)26-18(22)13-5-6-30-10-13/h3-4,7-9,13,31H,5-6,10-11H2,1-2H3,(H2,22,26)(H,25,27)/t13-,20+/m1/s1. The third kappa shape index (κ3) is 5.61. The minimum atomic E-state index is -2.90. The Morgan fingerprint density at radius 3 is 2.74 bits per heavy atom. The molecule has 1 saturated heterocycles. The number of thiol groups is 1. The Kier molecular flexibility index (Phi) is 6.96. The van der Waals surface area contributed by atoms with Crippen LogP contribution < -0.4 is 10.6 Å². The van der Waals surface area contributed by atoms with Crippen molar-refractivity contribution in [2.75, 3.05) is 24.3 Å². The Labute approximate surface area is 180 Å². The van der Waals surface area contributed by atoms with Gasteiger partial charge in [-0.3, -0.25) is 15.2 Å². The van der Waals surface area contributed by atoms with E-state index in [1.807, 2.05) is 0 Å². The second-order valence-corrected chi connectivity index (χ2v) is 8.60. The van der Waals surface area contributed by atoms with Crippen LogP contribution in [0, 0.1) is 24.1 Å². The summed E-state index contributed by atoms with van der Waals surface area (Å²) in [5.74, 6) is -1.76. The molecule has 3 rings (SSSR count). The van der Waals surface area contributed by atoms with Crippen LogP contribution in [0.15, 0.2) is 30.6 Å². The zero-order valence-electron chi connectivity index (χ0n) is 17.1. The first kappa shape index (κ1) is 22.8. The average molecular weight is 450 g/mol. The molecule has 0 aliphatic carbocycles. The minimum absolute atomic E-state index is 0.0168. The largest absolute Gasteiger partial charge is 0.381 e. The highest BCUT2D eigenvalue weighted by Gasteiger charge is 2.34. The zero-order chi connectivity index (χ0) is 22.6. The summed E-state index contributed by atoms with van der Waals surface area (Å²) in [5.41, 5.74) is -0.396. The van der Waals surface area contributed by atoms with Gasteiger partial charge < -0.3 is 15.4 Å². The molecule has 0 spiro atoms. The molecule has 1 aromatic heterocycles. The van der Waals surface area contributed by atoms with Crippen molar-refractivity contribution in [2.24, 2.45) is 5.92 Å². The topological polar surface area (TPSA) is 134 Å². The molecule has 0 unspecified atom stereocenters. The zero-order valence-corrected chi connectivity index (χ0v) is 18.0. The molecule has 1 aromatic carbocycles. The number of ether oxygens (including phenoxy) is 1. The van der Waals surface area contributed by atoms with E-state index in [1.165, 1.54) is 31.5 Å². The number of carbonyl (C=O) groups is 1. The van der Waals surface area contributed by atoms with Crippen molar-refractivity contribution in [1.82, 2.24) is 15.3 Å². The molecule has 0 bridgehead atoms. The van der Waals surface area contributed by atoms with Crippen LogP contribution in [-0.2, 0) is 21.0 Å². The highest BCUT2D eigenvalue weighted by atomic mass is 32.2. The van der Waals surface area contributed by atoms with E-state index in [0.29, 0.717) is 25.3 Å². The van der Waals surface area contributed by atoms with Crippen molar-refractivity contribution in [1.29, 1.82) is 5.41 Å². The van der Waals surface area contributed by atoms with Gasteiger partial charge in [0.1, 0.15) is 22.2 Å². The normalized spacial score (nSPS) is 17.9. The van der Waals surface area contributed by atoms with Gasteiger partial charge in [-0.25, -0.2) is 17.8 Å². The summed E-state index contributed by atoms with van der Waals surface area (Å²) in [5, 5.41) is 13.8. The lowest BCUT2D eigenvalue weighted by Gasteiger charge is -2.32. The third-order valence-corrected chi connectivity index (χ3v) is 5.92. The predicted octanol–water partition coefficient (Wildman–Crippen LogP) is 1.61. The van der Waals surface area contributed by atoms with E-state index in [0.717, 1.165) is 6.07 Å². The fourth-order valence-corrected chi connectivity index (χ4v) is 4.11. The number of hydrogen-bond donors (Lipinski definition) is 4. The summed E-state index contributed by atoms with van der Waals surface area (Å²) in [4.78, 5) is 20.5. The fraction of sp³-hybridized carbons (Fsp3) is 0.400. The summed E-state index contributed by atoms with van der Waals surface area (Å²) >= 11 is 0. The number of rotatable bonds is 7. The number of halogens is 1. The van der Waals surface area contributed by atoms with E-state index in [4.69, 9.17) is 10.1 Å². The molecular weight excluding hydrogens is 425 g/mol. The van der Waals surface area contributed by atoms with Gasteiger partial charge in [-0.1, -0.05) is 0 Å². The van der Waals surface area contributed by atoms with Crippen LogP contribution in [0.1, 0.15) is 35.1 Å². The lowest BCUT2D eigenvalue weighted by molar-refractivity contribution is 0.102. The number of aromatic nitrogens is 2. The Balaban J connectivity index is 1.88. The lowest BCUT2D eigenvalue weighted by Crippen LogP contribution is -2.49. The van der Waals surface area contributed by atoms with Crippen LogP contribution >= 0.6 is 0 Å². The van der Waals surface area contributed by atoms with Gasteiger partial charge in [0, 0.05) is 30.0 Å². The van der Waals surface area contributed by atoms with Crippen molar-refractivity contribution in [3.63, 3.8) is 0 Å². The van der Waals surface area contributed by atoms with Gasteiger partial charge in [-0.05, 0) is 38.5 Å². The van der Waals surface area contributed by atoms with Gasteiger partial charge in [-0.15, -0.1) is 0 Å². The molecule has 9 nitrogen and oxygen atoms in total. The van der Waals surface area contributed by atoms with Crippen LogP contribution in [0.25, 0.3) is 0 Å². The van der Waals surface area contributed by atoms with E-state index in [2.05, 4.69) is 20.6 Å². The predicted molar refractivity (Wildman–Crippen MR) is 113 cm³/mol. The average Bonchev–Trinajstić information content (AvgIpc) is 3.24. The van der Waals surface area contributed by atoms with Gasteiger partial charge in [0.05, 0.1) is 35.6 Å². The number of benzene rings is 1. The van der Waals surface area contributed by atoms with Gasteiger partial charge in [0.2, 0.25) is 0 Å². The number of nitrogens with one attached hydrogen (secondary N) is 3. The first-order chi connectivity index (χ1) is 14.7. The summed E-state index contributed by atoms with van der Waals surface area (Å²) < 4.78 is 43.2. The number of amides is 1. The van der Waals surface area contributed by atoms with Crippen LogP contribution in [0.4, 0.5) is 10.1 Å². The van der Waals surface area contributed by atoms with Crippen molar-refractivity contribution < 1.29 is 22.3 Å². The first-order valence-corrected chi connectivity index (χ1v) is 11.0. The molecule has 2 aromatic rings. The Bertz CT molecular complexity index is 1050. The molecule has 3 N–H and O–H groups in total. The molecule has 1 amide bonds. The number of nitrogens with zero attached hydrogens (tertiary/aromatic N) is 2. The second kappa shape index (κ2) is 9.48. The summed E-state index contributed by atoms with van der Waals surface area (Å²) in [6.07, 6.45) is 3.41. The molecule has 11 heteroatoms. The number of carbonyl (C=O) groups excluding carboxylic acids is 1. The Hall–Kier alpha value is -2.92. The Morgan fingerprint density at radius 1 is 1.35 bits per heavy atom. The molecule has 0 saturated carbocycles. The maximum Gasteiger partial charge on any atom is 0.275 e. The summed E-state index contributed by atoms with van der Waals surface area (Å²) in [6, 6.07) is 3.87. The van der Waals surface area contributed by atoms with Crippen molar-refractivity contribution in [3.05, 3.63) is 53.4 Å². The summed E-state index contributed by atoms with van der Waals surface area (Å²) in [7, 11) is -2.90. The minimum Gasteiger partial charge on any atom is -0.381 e. The second-order valence-electron chi connectivity index (χ2n) is 7.61. The van der Waals surface area contributed by atoms with E-state index < -0.39 is 33.7 Å². The molecule has 166 valence electrons. The molecule has 31 heavy (non-hydrogen) atoms. The van der Waals surface area contributed by atoms with Gasteiger partial charge >= 0.3 is 0 Å². The monoisotopic (exact) mass is 449 g/mol. The van der Waals surface area contributed by atoms with E-state index in [9.17, 15) is 17.6 Å². The van der Waals surface area contributed by atoms with Crippen molar-refractivity contribution in [2.45, 2.75) is 25.8 Å². The van der Waals surface area contributed by atoms with Crippen LogP contribution in [0.3, 0.4) is 0 Å². The fourth-order valence-electron chi connectivity index (χ4n) is 3.34. The van der Waals surface area contributed by atoms with Gasteiger partial charge in [0.15, 0.2) is 0 Å². The molecule has 1 aliphatic heterocycles. The number of hydrogen-bond acceptors (Lipinski definition) is 7. The van der Waals surface area contributed by atoms with E-state index in [-0.39, 0.29) is 28.7 Å². The maximum absolute atomic E-state index is 14.8. The van der Waals surface area contributed by atoms with Crippen LogP contribution in [0.5, 0.6) is 0 Å². The number of amidine groups is 1. The maximum atomic E-state index is 14.8. The molecule has 2 heterocycles. The molecule has 0 radical (unpaired) electrons. The molecule has 1 fully saturated rings. The smallest absolute Gasteiger partial charge is 0.275 e. The Morgan fingerprint density at radius 2 is 2.13 bits per heavy atom. The molecule has 1 aliphatic rings. The SMILES string of the molecule is Cc1cnc(C(=O)Nc2ccc(F)c([C@](C)(C[SH](=O)=O)NC(=N)[C@@H]3CCOC3)c2)cn1. The molecular formula is C20H24FN5O4S. The van der Waals surface area contributed by atoms with Crippen molar-refractivity contribution in [3.8, 4) is 0 Å². The van der Waals surface area contributed by atoms with Crippen LogP contribution in [-0.4, -0.2) is 49.1 Å². The quantitative estimate of drug-likeness (QED) is 0.287. The van der Waals surface area contributed by atoms with Gasteiger partial charge in [-0.2, -0.15) is 0 Å². The van der Waals surface area contributed by atoms with Gasteiger partial charge in [0.25, 0.3) is 5.91 Å². The number of aryl methyl sites for hydroxylation is 1. The first-order valence-electron chi connectivity index (χ1n) is 9.64. The van der Waals surface area contributed by atoms with Crippen molar-refractivity contribution >= 4 is 28.1 Å². The third-order valence-electron chi connectivity index (χ3n) is 5.03. The lowest BCUT2D eigenvalue weighted by atomic mass is 9.91. The van der Waals surface area contributed by atoms with Crippen LogP contribution in [0.2, 0.25) is 0 Å². The molecule has 2 atom stereocenters. The van der Waals surface area contributed by atoms with E-state index >= 15 is 0 Å². The number of anilines is 1. The summed E-state index contributed by atoms with van der Waals surface area (Å²) in [6.45, 7) is 4.11. The van der Waals surface area contributed by atoms with E-state index in [1.54, 1.807) is 6.92 Å².